The van der Waals surface area contributed by atoms with E-state index >= 15 is 0 Å². The summed E-state index contributed by atoms with van der Waals surface area (Å²) in [4.78, 5) is 9.97. The summed E-state index contributed by atoms with van der Waals surface area (Å²) in [5.41, 5.74) is 14.2. The quantitative estimate of drug-likeness (QED) is 0.0905. The van der Waals surface area contributed by atoms with Crippen LogP contribution < -0.4 is 4.40 Å². The molecule has 6 heteroatoms. The van der Waals surface area contributed by atoms with Crippen LogP contribution in [0.1, 0.15) is 61.8 Å². The van der Waals surface area contributed by atoms with Gasteiger partial charge in [0, 0.05) is 30.5 Å². The summed E-state index contributed by atoms with van der Waals surface area (Å²) in [5, 5.41) is 7.81. The van der Waals surface area contributed by atoms with Gasteiger partial charge < -0.3 is 4.57 Å². The van der Waals surface area contributed by atoms with Gasteiger partial charge in [-0.25, -0.2) is 0 Å². The number of benzene rings is 8. The van der Waals surface area contributed by atoms with Crippen molar-refractivity contribution in [3.63, 3.8) is 0 Å². The van der Waals surface area contributed by atoms with E-state index in [-0.39, 0.29) is 20.1 Å². The Morgan fingerprint density at radius 2 is 1.31 bits per heavy atom. The molecule has 0 aliphatic heterocycles. The van der Waals surface area contributed by atoms with E-state index < -0.39 is 13.3 Å². The molecule has 0 aliphatic carbocycles. The summed E-state index contributed by atoms with van der Waals surface area (Å²) in [6.45, 7) is 13.6. The topological polar surface area (TPSA) is 30.7 Å². The number of aryl methyl sites for hydroxylation is 2. The van der Waals surface area contributed by atoms with Crippen molar-refractivity contribution in [2.75, 3.05) is 0 Å². The van der Waals surface area contributed by atoms with Crippen molar-refractivity contribution >= 4 is 81.7 Å². The summed E-state index contributed by atoms with van der Waals surface area (Å²) in [7, 11) is 0. The molecule has 0 unspecified atom stereocenters. The number of para-hydroxylation sites is 2. The van der Waals surface area contributed by atoms with Crippen LogP contribution in [0, 0.1) is 26.0 Å². The molecule has 3 heterocycles. The van der Waals surface area contributed by atoms with Crippen LogP contribution in [0.15, 0.2) is 158 Å². The maximum absolute atomic E-state index is 5.44. The Kier molecular flexibility index (Phi) is 13.0. The van der Waals surface area contributed by atoms with Crippen molar-refractivity contribution in [3.8, 4) is 39.5 Å². The predicted molar refractivity (Wildman–Crippen MR) is 288 cm³/mol. The molecule has 335 valence electrons. The Balaban J connectivity index is 0.000000281. The smallest absolute Gasteiger partial charge is 0 e. The SMILES string of the molecule is Cc1ccc2c(ccc3c2ccc2c3sc3c(-c4nc5ccccc5n4-c4c(C(C)C)cc(-c5ccccc5)cc4C(C)C)[c-]cc(C)c32)c1.[CH3][Ge]([CH3])([CH3])[c]1ccc(-c2[c-]cccc2)nc1.[Ir]. The average Bonchev–Trinajstić information content (AvgIpc) is 3.91. The maximum Gasteiger partial charge on any atom is 0 e. The second-order valence-corrected chi connectivity index (χ2v) is 31.1. The summed E-state index contributed by atoms with van der Waals surface area (Å²) in [6, 6.07) is 61.7. The van der Waals surface area contributed by atoms with E-state index in [4.69, 9.17) is 4.98 Å². The first-order chi connectivity index (χ1) is 31.9. The van der Waals surface area contributed by atoms with Crippen LogP contribution in [-0.4, -0.2) is 27.8 Å². The van der Waals surface area contributed by atoms with E-state index in [9.17, 15) is 0 Å². The van der Waals surface area contributed by atoms with Crippen LogP contribution in [0.4, 0.5) is 0 Å². The first-order valence-electron chi connectivity index (χ1n) is 23.2. The molecule has 0 saturated heterocycles. The third-order valence-corrected chi connectivity index (χ3v) is 18.5. The predicted octanol–water partition coefficient (Wildman–Crippen LogP) is 16.8. The fraction of sp³-hybridized carbons (Fsp3) is 0.180. The molecule has 0 amide bonds. The largest absolute Gasteiger partial charge is 0 e. The van der Waals surface area contributed by atoms with Gasteiger partial charge in [0.1, 0.15) is 0 Å². The van der Waals surface area contributed by atoms with E-state index in [0.717, 1.165) is 33.7 Å². The Bertz CT molecular complexity index is 3550. The van der Waals surface area contributed by atoms with Gasteiger partial charge in [-0.15, -0.1) is 17.7 Å². The second-order valence-electron chi connectivity index (χ2n) is 19.4. The summed E-state index contributed by atoms with van der Waals surface area (Å²) in [6.07, 6.45) is 2.04. The molecule has 0 aliphatic rings. The minimum absolute atomic E-state index is 0. The molecule has 0 bridgehead atoms. The van der Waals surface area contributed by atoms with Crippen LogP contribution in [0.25, 0.3) is 92.2 Å². The number of thiophene rings is 1. The zero-order valence-corrected chi connectivity index (χ0v) is 45.1. The summed E-state index contributed by atoms with van der Waals surface area (Å²) in [5.74, 6) is 8.69. The van der Waals surface area contributed by atoms with Crippen molar-refractivity contribution in [3.05, 3.63) is 192 Å². The fourth-order valence-corrected chi connectivity index (χ4v) is 13.0. The van der Waals surface area contributed by atoms with Gasteiger partial charge in [0.2, 0.25) is 0 Å². The average molecular weight is 1130 g/mol. The molecular weight excluding hydrogens is 1070 g/mol. The van der Waals surface area contributed by atoms with Gasteiger partial charge in [-0.3, -0.25) is 4.98 Å². The molecule has 0 N–H and O–H groups in total. The molecule has 1 radical (unpaired) electrons. The van der Waals surface area contributed by atoms with Crippen molar-refractivity contribution < 1.29 is 20.1 Å². The van der Waals surface area contributed by atoms with E-state index in [1.165, 1.54) is 85.2 Å². The number of hydrogen-bond donors (Lipinski definition) is 0. The van der Waals surface area contributed by atoms with Gasteiger partial charge >= 0.3 is 99.8 Å². The van der Waals surface area contributed by atoms with Gasteiger partial charge in [0.15, 0.2) is 0 Å². The standard InChI is InChI=1S/C47H39N2S.C14H16GeN.Ir/c1-27(2)39-25-33(31-12-8-7-9-13-31)26-40(28(3)4)44(39)49-42-15-11-10-14-41(42)48-47(49)38-20-17-30(6)43-37-23-22-35-34-19-16-29(5)24-32(34)18-21-36(35)45(37)50-46(38)43;1-15(2,3)13-9-10-14(16-11-13)12-7-5-4-6-8-12;/h7-19,21-28H,1-6H3;4-7,9-11H,1-3H3;/q2*-1;. The molecule has 0 atom stereocenters. The van der Waals surface area contributed by atoms with Gasteiger partial charge in [0.25, 0.3) is 0 Å². The summed E-state index contributed by atoms with van der Waals surface area (Å²) < 4.78 is 6.46. The van der Waals surface area contributed by atoms with E-state index in [1.54, 1.807) is 0 Å². The van der Waals surface area contributed by atoms with Crippen molar-refractivity contribution in [1.82, 2.24) is 14.5 Å². The van der Waals surface area contributed by atoms with Gasteiger partial charge in [0.05, 0.1) is 16.9 Å². The second kappa shape index (κ2) is 18.8. The van der Waals surface area contributed by atoms with Crippen LogP contribution in [0.2, 0.25) is 17.3 Å². The summed E-state index contributed by atoms with van der Waals surface area (Å²) >= 11 is 0.173. The molecule has 8 aromatic carbocycles. The van der Waals surface area contributed by atoms with Gasteiger partial charge in [-0.1, -0.05) is 136 Å². The number of aromatic nitrogens is 3. The normalized spacial score (nSPS) is 11.8. The minimum Gasteiger partial charge on any atom is 0 e. The van der Waals surface area contributed by atoms with Crippen molar-refractivity contribution in [2.45, 2.75) is 70.6 Å². The van der Waals surface area contributed by atoms with E-state index in [1.807, 2.05) is 41.8 Å². The van der Waals surface area contributed by atoms with E-state index in [2.05, 4.69) is 208 Å². The molecule has 0 spiro atoms. The van der Waals surface area contributed by atoms with Crippen LogP contribution in [-0.2, 0) is 20.1 Å². The third kappa shape index (κ3) is 8.73. The van der Waals surface area contributed by atoms with Crippen LogP contribution in [0.3, 0.4) is 0 Å². The van der Waals surface area contributed by atoms with Gasteiger partial charge in [-0.2, -0.15) is 11.3 Å². The molecule has 11 aromatic rings. The van der Waals surface area contributed by atoms with Gasteiger partial charge in [-0.05, 0) is 96.9 Å². The number of nitrogens with zero attached hydrogens (tertiary/aromatic N) is 3. The molecule has 3 aromatic heterocycles. The molecular formula is C61H55GeIrN3S-2. The number of fused-ring (bicyclic) bond motifs is 8. The number of pyridine rings is 1. The number of hydrogen-bond acceptors (Lipinski definition) is 3. The molecule has 0 fully saturated rings. The number of rotatable bonds is 7. The third-order valence-electron chi connectivity index (χ3n) is 13.0. The zero-order valence-electron chi connectivity index (χ0n) is 39.7. The monoisotopic (exact) mass is 1130 g/mol. The maximum atomic E-state index is 5.44. The van der Waals surface area contributed by atoms with Crippen LogP contribution in [0.5, 0.6) is 0 Å². The Morgan fingerprint density at radius 1 is 0.627 bits per heavy atom. The number of imidazole rings is 1. The molecule has 11 rings (SSSR count). The molecule has 67 heavy (non-hydrogen) atoms. The first kappa shape index (κ1) is 46.4. The first-order valence-corrected chi connectivity index (χ1v) is 31.4. The Hall–Kier alpha value is -5.69. The molecule has 0 saturated carbocycles. The Morgan fingerprint density at radius 3 is 2.00 bits per heavy atom. The fourth-order valence-electron chi connectivity index (χ4n) is 9.46. The minimum atomic E-state index is -1.72. The zero-order chi connectivity index (χ0) is 45.9. The van der Waals surface area contributed by atoms with Crippen LogP contribution >= 0.6 is 11.3 Å². The van der Waals surface area contributed by atoms with E-state index in [0.29, 0.717) is 11.8 Å². The van der Waals surface area contributed by atoms with Crippen molar-refractivity contribution in [1.29, 1.82) is 0 Å². The van der Waals surface area contributed by atoms with Crippen molar-refractivity contribution in [2.24, 2.45) is 0 Å². The molecule has 3 nitrogen and oxygen atoms in total. The Labute approximate surface area is 415 Å².